The number of para-hydroxylation sites is 1. The van der Waals surface area contributed by atoms with Crippen LogP contribution in [0, 0.1) is 5.92 Å². The van der Waals surface area contributed by atoms with Crippen molar-refractivity contribution in [2.24, 2.45) is 5.92 Å². The quantitative estimate of drug-likeness (QED) is 0.680. The van der Waals surface area contributed by atoms with Crippen molar-refractivity contribution >= 4 is 17.5 Å². The van der Waals surface area contributed by atoms with Crippen LogP contribution < -0.4 is 10.2 Å². The highest BCUT2D eigenvalue weighted by Gasteiger charge is 2.41. The highest BCUT2D eigenvalue weighted by molar-refractivity contribution is 6.06. The minimum Gasteiger partial charge on any atom is -0.340 e. The lowest BCUT2D eigenvalue weighted by atomic mass is 9.94. The van der Waals surface area contributed by atoms with Gasteiger partial charge in [-0.1, -0.05) is 49.4 Å². The van der Waals surface area contributed by atoms with Crippen LogP contribution in [0.15, 0.2) is 48.5 Å². The van der Waals surface area contributed by atoms with E-state index in [-0.39, 0.29) is 5.91 Å². The summed E-state index contributed by atoms with van der Waals surface area (Å²) in [7, 11) is 1.60. The van der Waals surface area contributed by atoms with Gasteiger partial charge in [-0.25, -0.2) is 17.6 Å². The number of likely N-dealkylation sites (N-methyl/N-ethyl adjacent to an activating group) is 1. The first-order valence-electron chi connectivity index (χ1n) is 9.55. The third-order valence-corrected chi connectivity index (χ3v) is 5.37. The smallest absolute Gasteiger partial charge is 0.307 e. The zero-order valence-electron chi connectivity index (χ0n) is 16.5. The van der Waals surface area contributed by atoms with Crippen LogP contribution in [0.25, 0.3) is 11.1 Å². The fourth-order valence-electron chi connectivity index (χ4n) is 3.51. The number of nitrogens with zero attached hydrogens (tertiary/aromatic N) is 1. The van der Waals surface area contributed by atoms with E-state index < -0.39 is 43.1 Å². The van der Waals surface area contributed by atoms with Gasteiger partial charge in [0, 0.05) is 24.9 Å². The van der Waals surface area contributed by atoms with Gasteiger partial charge >= 0.3 is 12.3 Å². The van der Waals surface area contributed by atoms with E-state index in [2.05, 4.69) is 5.32 Å². The molecular formula is C22H22F4N2O2. The Morgan fingerprint density at radius 3 is 2.37 bits per heavy atom. The van der Waals surface area contributed by atoms with Crippen LogP contribution in [-0.4, -0.2) is 31.2 Å². The number of anilines is 1. The Kier molecular flexibility index (Phi) is 6.14. The molecule has 3 rings (SSSR count). The van der Waals surface area contributed by atoms with Gasteiger partial charge in [0.05, 0.1) is 5.69 Å². The molecule has 0 aromatic heterocycles. The van der Waals surface area contributed by atoms with Crippen molar-refractivity contribution in [3.63, 3.8) is 0 Å². The molecule has 2 amide bonds. The van der Waals surface area contributed by atoms with E-state index in [4.69, 9.17) is 0 Å². The zero-order valence-corrected chi connectivity index (χ0v) is 16.5. The van der Waals surface area contributed by atoms with Gasteiger partial charge in [0.2, 0.25) is 5.91 Å². The number of hydrogen-bond acceptors (Lipinski definition) is 2. The number of fused-ring (bicyclic) bond motifs is 3. The fraction of sp³-hybridized carbons (Fsp3) is 0.364. The molecule has 4 nitrogen and oxygen atoms in total. The summed E-state index contributed by atoms with van der Waals surface area (Å²) in [5.41, 5.74) is 2.85. The summed E-state index contributed by atoms with van der Waals surface area (Å²) in [6.45, 7) is 1.38. The second-order valence-corrected chi connectivity index (χ2v) is 7.44. The minimum absolute atomic E-state index is 0.383. The van der Waals surface area contributed by atoms with E-state index in [9.17, 15) is 27.2 Å². The number of rotatable bonds is 6. The number of carbonyl (C=O) groups excluding carboxylic acids is 2. The van der Waals surface area contributed by atoms with Crippen molar-refractivity contribution in [2.75, 3.05) is 11.9 Å². The topological polar surface area (TPSA) is 49.4 Å². The lowest BCUT2D eigenvalue weighted by Gasteiger charge is -2.24. The van der Waals surface area contributed by atoms with Crippen LogP contribution in [0.5, 0.6) is 0 Å². The largest absolute Gasteiger partial charge is 0.340 e. The molecule has 2 aromatic carbocycles. The molecular weight excluding hydrogens is 400 g/mol. The lowest BCUT2D eigenvalue weighted by molar-refractivity contribution is -0.139. The minimum atomic E-state index is -4.15. The van der Waals surface area contributed by atoms with E-state index in [1.807, 2.05) is 24.3 Å². The molecule has 1 unspecified atom stereocenters. The number of carbonyl (C=O) groups is 2. The van der Waals surface area contributed by atoms with Crippen molar-refractivity contribution in [1.82, 2.24) is 5.32 Å². The molecule has 1 aliphatic heterocycles. The molecule has 1 N–H and O–H groups in total. The third kappa shape index (κ3) is 4.17. The summed E-state index contributed by atoms with van der Waals surface area (Å²) in [6, 6.07) is 13.4. The Morgan fingerprint density at radius 1 is 1.10 bits per heavy atom. The molecule has 0 saturated carbocycles. The van der Waals surface area contributed by atoms with Crippen molar-refractivity contribution in [3.8, 4) is 11.1 Å². The number of nitrogens with one attached hydrogen (secondary N) is 1. The van der Waals surface area contributed by atoms with E-state index in [0.717, 1.165) is 11.1 Å². The van der Waals surface area contributed by atoms with Crippen LogP contribution in [0.3, 0.4) is 0 Å². The van der Waals surface area contributed by atoms with Gasteiger partial charge in [-0.3, -0.25) is 9.59 Å². The van der Waals surface area contributed by atoms with Crippen LogP contribution in [0.2, 0.25) is 0 Å². The Labute approximate surface area is 171 Å². The SMILES string of the molecule is C[C@H](CCC(F)(F)C(F)F)C(=O)NC1C(=O)N(C)c2ccccc2-c2ccccc21. The van der Waals surface area contributed by atoms with E-state index in [1.54, 1.807) is 31.3 Å². The van der Waals surface area contributed by atoms with E-state index >= 15 is 0 Å². The standard InChI is InChI=1S/C22H22F4N2O2/c1-13(11-12-22(25,26)21(23)24)19(29)27-18-16-9-4-3-7-14(16)15-8-5-6-10-17(15)28(2)20(18)30/h3-10,13,18,21H,11-12H2,1-2H3,(H,27,29)/t13-,18?/m1/s1. The van der Waals surface area contributed by atoms with Gasteiger partial charge in [-0.05, 0) is 23.6 Å². The van der Waals surface area contributed by atoms with Crippen molar-refractivity contribution in [3.05, 3.63) is 54.1 Å². The van der Waals surface area contributed by atoms with E-state index in [1.165, 1.54) is 11.8 Å². The van der Waals surface area contributed by atoms with Crippen molar-refractivity contribution in [2.45, 2.75) is 38.2 Å². The van der Waals surface area contributed by atoms with Crippen LogP contribution in [0.1, 0.15) is 31.4 Å². The third-order valence-electron chi connectivity index (χ3n) is 5.37. The number of halogens is 4. The molecule has 1 heterocycles. The molecule has 0 fully saturated rings. The number of benzene rings is 2. The Hall–Kier alpha value is -2.90. The molecule has 0 bridgehead atoms. The zero-order chi connectivity index (χ0) is 22.1. The van der Waals surface area contributed by atoms with Gasteiger partial charge < -0.3 is 10.2 Å². The molecule has 0 saturated heterocycles. The number of hydrogen-bond donors (Lipinski definition) is 1. The molecule has 0 aliphatic carbocycles. The monoisotopic (exact) mass is 422 g/mol. The fourth-order valence-corrected chi connectivity index (χ4v) is 3.51. The molecule has 1 aliphatic rings. The number of alkyl halides is 4. The predicted molar refractivity (Wildman–Crippen MR) is 106 cm³/mol. The van der Waals surface area contributed by atoms with Crippen LogP contribution >= 0.6 is 0 Å². The second-order valence-electron chi connectivity index (χ2n) is 7.44. The first-order valence-corrected chi connectivity index (χ1v) is 9.55. The predicted octanol–water partition coefficient (Wildman–Crippen LogP) is 4.80. The average Bonchev–Trinajstić information content (AvgIpc) is 2.82. The maximum absolute atomic E-state index is 13.2. The molecule has 2 aromatic rings. The second kappa shape index (κ2) is 8.45. The van der Waals surface area contributed by atoms with Gasteiger partial charge in [-0.15, -0.1) is 0 Å². The van der Waals surface area contributed by atoms with Gasteiger partial charge in [0.15, 0.2) is 0 Å². The summed E-state index contributed by atoms with van der Waals surface area (Å²) < 4.78 is 51.1. The highest BCUT2D eigenvalue weighted by Crippen LogP contribution is 2.39. The summed E-state index contributed by atoms with van der Waals surface area (Å²) in [5.74, 6) is -6.15. The molecule has 30 heavy (non-hydrogen) atoms. The van der Waals surface area contributed by atoms with Crippen LogP contribution in [-0.2, 0) is 9.59 Å². The Balaban J connectivity index is 1.86. The maximum Gasteiger partial charge on any atom is 0.307 e. The molecule has 2 atom stereocenters. The van der Waals surface area contributed by atoms with Crippen molar-refractivity contribution < 1.29 is 27.2 Å². The summed E-state index contributed by atoms with van der Waals surface area (Å²) in [4.78, 5) is 27.2. The lowest BCUT2D eigenvalue weighted by Crippen LogP contribution is -2.42. The average molecular weight is 422 g/mol. The first kappa shape index (κ1) is 21.8. The van der Waals surface area contributed by atoms with Gasteiger partial charge in [0.1, 0.15) is 6.04 Å². The molecule has 8 heteroatoms. The van der Waals surface area contributed by atoms with Crippen LogP contribution in [0.4, 0.5) is 23.2 Å². The van der Waals surface area contributed by atoms with E-state index in [0.29, 0.717) is 11.3 Å². The van der Waals surface area contributed by atoms with Gasteiger partial charge in [-0.2, -0.15) is 0 Å². The molecule has 160 valence electrons. The molecule has 0 spiro atoms. The maximum atomic E-state index is 13.2. The normalized spacial score (nSPS) is 17.2. The summed E-state index contributed by atoms with van der Waals surface area (Å²) in [6.07, 6.45) is -5.32. The molecule has 0 radical (unpaired) electrons. The number of amides is 2. The van der Waals surface area contributed by atoms with Crippen molar-refractivity contribution in [1.29, 1.82) is 0 Å². The summed E-state index contributed by atoms with van der Waals surface area (Å²) in [5, 5.41) is 2.63. The van der Waals surface area contributed by atoms with Gasteiger partial charge in [0.25, 0.3) is 5.91 Å². The Bertz CT molecular complexity index is 948. The Morgan fingerprint density at radius 2 is 1.70 bits per heavy atom. The summed E-state index contributed by atoms with van der Waals surface area (Å²) >= 11 is 0. The first-order chi connectivity index (χ1) is 14.1. The highest BCUT2D eigenvalue weighted by atomic mass is 19.3.